The van der Waals surface area contributed by atoms with Crippen LogP contribution in [0.15, 0.2) is 101 Å². The molecule has 0 aliphatic rings. The van der Waals surface area contributed by atoms with Crippen LogP contribution in [-0.2, 0) is 0 Å². The molecule has 0 fully saturated rings. The number of fused-ring (bicyclic) bond motifs is 1. The fraction of sp³-hybridized carbons (Fsp3) is 0. The minimum atomic E-state index is 0.799. The van der Waals surface area contributed by atoms with Crippen molar-refractivity contribution in [1.29, 1.82) is 0 Å². The molecular weight excluding hydrogens is 306 g/mol. The van der Waals surface area contributed by atoms with E-state index < -0.39 is 0 Å². The van der Waals surface area contributed by atoms with Crippen molar-refractivity contribution in [2.24, 2.45) is 10.2 Å². The molecule has 4 aromatic carbocycles. The molecule has 0 aliphatic carbocycles. The second-order valence-electron chi connectivity index (χ2n) is 5.83. The first kappa shape index (κ1) is 15.1. The van der Waals surface area contributed by atoms with Crippen LogP contribution >= 0.6 is 0 Å². The van der Waals surface area contributed by atoms with Crippen molar-refractivity contribution in [3.8, 4) is 11.1 Å². The molecule has 25 heavy (non-hydrogen) atoms. The Bertz CT molecular complexity index is 1040. The van der Waals surface area contributed by atoms with Crippen molar-refractivity contribution < 1.29 is 0 Å². The smallest absolute Gasteiger partial charge is 0.0857 e. The molecule has 0 saturated heterocycles. The van der Waals surface area contributed by atoms with Gasteiger partial charge in [0.1, 0.15) is 0 Å². The number of anilines is 1. The molecule has 0 heterocycles. The molecular formula is C22H17N3. The zero-order valence-corrected chi connectivity index (χ0v) is 13.6. The number of nitrogens with two attached hydrogens (primary N) is 1. The van der Waals surface area contributed by atoms with Crippen LogP contribution in [0.4, 0.5) is 17.1 Å². The van der Waals surface area contributed by atoms with Crippen LogP contribution in [-0.4, -0.2) is 0 Å². The molecule has 0 spiro atoms. The van der Waals surface area contributed by atoms with Gasteiger partial charge in [-0.1, -0.05) is 60.7 Å². The van der Waals surface area contributed by atoms with E-state index in [0.29, 0.717) is 0 Å². The fourth-order valence-electron chi connectivity index (χ4n) is 2.89. The summed E-state index contributed by atoms with van der Waals surface area (Å²) in [5.74, 6) is 0. The van der Waals surface area contributed by atoms with Gasteiger partial charge in [-0.25, -0.2) is 0 Å². The fourth-order valence-corrected chi connectivity index (χ4v) is 2.89. The van der Waals surface area contributed by atoms with Gasteiger partial charge >= 0.3 is 0 Å². The van der Waals surface area contributed by atoms with E-state index in [1.54, 1.807) is 0 Å². The van der Waals surface area contributed by atoms with E-state index in [1.807, 2.05) is 60.7 Å². The molecule has 4 aromatic rings. The van der Waals surface area contributed by atoms with E-state index in [-0.39, 0.29) is 0 Å². The first-order valence-corrected chi connectivity index (χ1v) is 8.16. The van der Waals surface area contributed by atoms with E-state index in [1.165, 1.54) is 0 Å². The number of rotatable bonds is 3. The summed E-state index contributed by atoms with van der Waals surface area (Å²) in [5, 5.41) is 10.8. The Labute approximate surface area is 146 Å². The van der Waals surface area contributed by atoms with Crippen LogP contribution in [0.5, 0.6) is 0 Å². The summed E-state index contributed by atoms with van der Waals surface area (Å²) in [5.41, 5.74) is 10.9. The van der Waals surface area contributed by atoms with Crippen LogP contribution in [0.2, 0.25) is 0 Å². The molecule has 0 bridgehead atoms. The average molecular weight is 323 g/mol. The largest absolute Gasteiger partial charge is 0.398 e. The molecule has 0 amide bonds. The summed E-state index contributed by atoms with van der Waals surface area (Å²) >= 11 is 0. The third kappa shape index (κ3) is 3.12. The molecule has 2 N–H and O–H groups in total. The third-order valence-corrected chi connectivity index (χ3v) is 4.17. The van der Waals surface area contributed by atoms with Gasteiger partial charge in [0.15, 0.2) is 0 Å². The van der Waals surface area contributed by atoms with Crippen molar-refractivity contribution in [3.63, 3.8) is 0 Å². The lowest BCUT2D eigenvalue weighted by atomic mass is 9.97. The van der Waals surface area contributed by atoms with E-state index in [4.69, 9.17) is 5.73 Å². The monoisotopic (exact) mass is 323 g/mol. The van der Waals surface area contributed by atoms with Crippen molar-refractivity contribution in [1.82, 2.24) is 0 Å². The topological polar surface area (TPSA) is 50.7 Å². The minimum absolute atomic E-state index is 0.799. The Morgan fingerprint density at radius 3 is 1.84 bits per heavy atom. The molecule has 4 rings (SSSR count). The summed E-state index contributed by atoms with van der Waals surface area (Å²) in [6.07, 6.45) is 0. The van der Waals surface area contributed by atoms with Crippen LogP contribution < -0.4 is 5.73 Å². The van der Waals surface area contributed by atoms with Gasteiger partial charge in [-0.3, -0.25) is 0 Å². The van der Waals surface area contributed by atoms with Gasteiger partial charge in [-0.15, -0.1) is 0 Å². The second kappa shape index (κ2) is 6.57. The lowest BCUT2D eigenvalue weighted by Gasteiger charge is -2.09. The molecule has 0 atom stereocenters. The van der Waals surface area contributed by atoms with Gasteiger partial charge < -0.3 is 5.73 Å². The van der Waals surface area contributed by atoms with E-state index in [2.05, 4.69) is 40.6 Å². The van der Waals surface area contributed by atoms with Crippen molar-refractivity contribution in [3.05, 3.63) is 91.0 Å². The molecule has 0 aliphatic heterocycles. The Balaban J connectivity index is 1.67. The molecule has 0 aromatic heterocycles. The van der Waals surface area contributed by atoms with E-state index >= 15 is 0 Å². The lowest BCUT2D eigenvalue weighted by Crippen LogP contribution is -1.88. The summed E-state index contributed by atoms with van der Waals surface area (Å²) in [7, 11) is 0. The van der Waals surface area contributed by atoms with Crippen molar-refractivity contribution >= 4 is 27.8 Å². The van der Waals surface area contributed by atoms with Crippen LogP contribution in [0.1, 0.15) is 0 Å². The van der Waals surface area contributed by atoms with Gasteiger partial charge in [-0.05, 0) is 46.8 Å². The predicted octanol–water partition coefficient (Wildman–Crippen LogP) is 6.50. The Morgan fingerprint density at radius 2 is 1.12 bits per heavy atom. The Morgan fingerprint density at radius 1 is 0.520 bits per heavy atom. The maximum Gasteiger partial charge on any atom is 0.0857 e. The SMILES string of the molecule is Nc1ccc(-c2ccc(N=Nc3ccccc3)cc2)c2ccccc12. The number of nitrogens with zero attached hydrogens (tertiary/aromatic N) is 2. The Hall–Kier alpha value is -3.46. The van der Waals surface area contributed by atoms with Crippen molar-refractivity contribution in [2.45, 2.75) is 0 Å². The highest BCUT2D eigenvalue weighted by atomic mass is 15.1. The molecule has 3 heteroatoms. The molecule has 0 saturated carbocycles. The highest BCUT2D eigenvalue weighted by Gasteiger charge is 2.05. The Kier molecular flexibility index (Phi) is 3.97. The van der Waals surface area contributed by atoms with Gasteiger partial charge in [0, 0.05) is 11.1 Å². The van der Waals surface area contributed by atoms with Gasteiger partial charge in [0.05, 0.1) is 11.4 Å². The second-order valence-corrected chi connectivity index (χ2v) is 5.83. The van der Waals surface area contributed by atoms with Gasteiger partial charge in [0.25, 0.3) is 0 Å². The number of hydrogen-bond donors (Lipinski definition) is 1. The predicted molar refractivity (Wildman–Crippen MR) is 104 cm³/mol. The summed E-state index contributed by atoms with van der Waals surface area (Å²) in [6.45, 7) is 0. The summed E-state index contributed by atoms with van der Waals surface area (Å²) in [6, 6.07) is 30.0. The minimum Gasteiger partial charge on any atom is -0.398 e. The highest BCUT2D eigenvalue weighted by molar-refractivity contribution is 6.02. The maximum absolute atomic E-state index is 6.09. The zero-order chi connectivity index (χ0) is 17.1. The normalized spacial score (nSPS) is 11.2. The first-order chi connectivity index (χ1) is 12.3. The summed E-state index contributed by atoms with van der Waals surface area (Å²) in [4.78, 5) is 0. The summed E-state index contributed by atoms with van der Waals surface area (Å²) < 4.78 is 0. The van der Waals surface area contributed by atoms with Gasteiger partial charge in [0.2, 0.25) is 0 Å². The number of hydrogen-bond acceptors (Lipinski definition) is 3. The average Bonchev–Trinajstić information content (AvgIpc) is 2.68. The maximum atomic E-state index is 6.09. The van der Waals surface area contributed by atoms with Crippen LogP contribution in [0.25, 0.3) is 21.9 Å². The van der Waals surface area contributed by atoms with Crippen molar-refractivity contribution in [2.75, 3.05) is 5.73 Å². The number of nitrogen functional groups attached to an aromatic ring is 1. The van der Waals surface area contributed by atoms with Gasteiger partial charge in [-0.2, -0.15) is 10.2 Å². The zero-order valence-electron chi connectivity index (χ0n) is 13.6. The lowest BCUT2D eigenvalue weighted by molar-refractivity contribution is 1.23. The van der Waals surface area contributed by atoms with E-state index in [9.17, 15) is 0 Å². The van der Waals surface area contributed by atoms with Crippen LogP contribution in [0.3, 0.4) is 0 Å². The van der Waals surface area contributed by atoms with Crippen LogP contribution in [0, 0.1) is 0 Å². The molecule has 120 valence electrons. The first-order valence-electron chi connectivity index (χ1n) is 8.16. The number of azo groups is 1. The standard InChI is InChI=1S/C22H17N3/c23-22-15-14-19(20-8-4-5-9-21(20)22)16-10-12-18(13-11-16)25-24-17-6-2-1-3-7-17/h1-15H,23H2. The third-order valence-electron chi connectivity index (χ3n) is 4.17. The highest BCUT2D eigenvalue weighted by Crippen LogP contribution is 2.33. The molecule has 0 unspecified atom stereocenters. The quantitative estimate of drug-likeness (QED) is 0.339. The molecule has 3 nitrogen and oxygen atoms in total. The number of benzene rings is 4. The molecule has 0 radical (unpaired) electrons. The van der Waals surface area contributed by atoms with E-state index in [0.717, 1.165) is 39.0 Å².